The molecule has 0 bridgehead atoms. The van der Waals surface area contributed by atoms with Crippen LogP contribution < -0.4 is 4.74 Å². The fourth-order valence-corrected chi connectivity index (χ4v) is 3.97. The van der Waals surface area contributed by atoms with Crippen LogP contribution in [-0.4, -0.2) is 16.5 Å². The molecule has 2 heterocycles. The Bertz CT molecular complexity index is 1070. The maximum atomic E-state index is 5.55. The lowest BCUT2D eigenvalue weighted by molar-refractivity contribution is 0.411. The number of pyridine rings is 1. The van der Waals surface area contributed by atoms with Crippen molar-refractivity contribution >= 4 is 11.5 Å². The number of nitrogens with zero attached hydrogens (tertiary/aromatic N) is 2. The molecule has 0 atom stereocenters. The van der Waals surface area contributed by atoms with Crippen molar-refractivity contribution in [2.45, 2.75) is 13.8 Å². The molecular weight excluding hydrogens is 352 g/mol. The molecule has 27 heavy (non-hydrogen) atoms. The summed E-state index contributed by atoms with van der Waals surface area (Å²) in [6.07, 6.45) is 5.58. The molecule has 0 saturated carbocycles. The molecule has 0 aliphatic carbocycles. The zero-order valence-corrected chi connectivity index (χ0v) is 16.4. The Balaban J connectivity index is 1.74. The van der Waals surface area contributed by atoms with Crippen LogP contribution in [-0.2, 0) is 0 Å². The molecule has 0 unspecified atom stereocenters. The van der Waals surface area contributed by atoms with E-state index < -0.39 is 0 Å². The first-order chi connectivity index (χ1) is 13.2. The smallest absolute Gasteiger partial charge is 0.122 e. The molecule has 134 valence electrons. The lowest BCUT2D eigenvalue weighted by atomic mass is 9.98. The van der Waals surface area contributed by atoms with Gasteiger partial charge in [-0.05, 0) is 77.0 Å². The highest BCUT2D eigenvalue weighted by Gasteiger charge is 2.14. The Hall–Kier alpha value is -2.98. The summed E-state index contributed by atoms with van der Waals surface area (Å²) in [5, 5.41) is 0. The summed E-state index contributed by atoms with van der Waals surface area (Å²) in [5.41, 5.74) is 8.19. The molecule has 4 heteroatoms. The number of rotatable bonds is 4. The first-order valence-electron chi connectivity index (χ1n) is 8.78. The van der Waals surface area contributed by atoms with Gasteiger partial charge in [0.2, 0.25) is 0 Å². The Morgan fingerprint density at radius 1 is 0.815 bits per heavy atom. The van der Waals surface area contributed by atoms with E-state index in [0.717, 1.165) is 27.3 Å². The zero-order chi connectivity index (χ0) is 18.8. The molecule has 0 N–H and O–H groups in total. The maximum absolute atomic E-state index is 5.55. The molecular formula is C23H20N2OS. The molecule has 2 aromatic heterocycles. The third-order valence-corrected chi connectivity index (χ3v) is 5.73. The molecule has 0 saturated heterocycles. The second-order valence-electron chi connectivity index (χ2n) is 6.50. The highest BCUT2D eigenvalue weighted by Crippen LogP contribution is 2.38. The Labute approximate surface area is 163 Å². The van der Waals surface area contributed by atoms with Crippen molar-refractivity contribution in [1.29, 1.82) is 0 Å². The van der Waals surface area contributed by atoms with Crippen LogP contribution >= 0.6 is 11.5 Å². The minimum Gasteiger partial charge on any atom is -0.496 e. The van der Waals surface area contributed by atoms with Gasteiger partial charge in [-0.1, -0.05) is 30.3 Å². The number of aryl methyl sites for hydroxylation is 1. The lowest BCUT2D eigenvalue weighted by Crippen LogP contribution is -1.91. The number of hydrogen-bond acceptors (Lipinski definition) is 4. The molecule has 0 aliphatic heterocycles. The molecule has 0 radical (unpaired) electrons. The van der Waals surface area contributed by atoms with Gasteiger partial charge in [0, 0.05) is 24.2 Å². The van der Waals surface area contributed by atoms with Gasteiger partial charge in [-0.25, -0.2) is 0 Å². The van der Waals surface area contributed by atoms with Crippen molar-refractivity contribution in [1.82, 2.24) is 9.36 Å². The van der Waals surface area contributed by atoms with E-state index in [1.165, 1.54) is 33.8 Å². The van der Waals surface area contributed by atoms with Crippen LogP contribution in [0, 0.1) is 13.8 Å². The highest BCUT2D eigenvalue weighted by atomic mass is 32.1. The number of aromatic nitrogens is 2. The first-order valence-corrected chi connectivity index (χ1v) is 9.56. The SMILES string of the molecule is COc1cc(-c2sncc2-c2ccc(-c3ccncc3)cc2)cc(C)c1C. The second-order valence-corrected chi connectivity index (χ2v) is 7.30. The van der Waals surface area contributed by atoms with E-state index in [0.29, 0.717) is 0 Å². The topological polar surface area (TPSA) is 35.0 Å². The van der Waals surface area contributed by atoms with Gasteiger partial charge in [0.05, 0.1) is 12.0 Å². The average Bonchev–Trinajstić information content (AvgIpc) is 3.20. The molecule has 0 amide bonds. The fraction of sp³-hybridized carbons (Fsp3) is 0.130. The minimum absolute atomic E-state index is 0.914. The van der Waals surface area contributed by atoms with E-state index in [2.05, 4.69) is 59.6 Å². The van der Waals surface area contributed by atoms with E-state index in [1.54, 1.807) is 7.11 Å². The number of benzene rings is 2. The van der Waals surface area contributed by atoms with E-state index in [1.807, 2.05) is 30.7 Å². The van der Waals surface area contributed by atoms with Crippen LogP contribution in [0.15, 0.2) is 67.1 Å². The number of ether oxygens (including phenoxy) is 1. The summed E-state index contributed by atoms with van der Waals surface area (Å²) in [6, 6.07) is 17.0. The van der Waals surface area contributed by atoms with Gasteiger partial charge in [-0.15, -0.1) is 0 Å². The molecule has 0 aliphatic rings. The van der Waals surface area contributed by atoms with Gasteiger partial charge >= 0.3 is 0 Å². The van der Waals surface area contributed by atoms with Crippen LogP contribution in [0.25, 0.3) is 32.7 Å². The summed E-state index contributed by atoms with van der Waals surface area (Å²) in [4.78, 5) is 5.24. The average molecular weight is 372 g/mol. The van der Waals surface area contributed by atoms with Gasteiger partial charge in [0.15, 0.2) is 0 Å². The number of hydrogen-bond donors (Lipinski definition) is 0. The monoisotopic (exact) mass is 372 g/mol. The molecule has 4 rings (SSSR count). The van der Waals surface area contributed by atoms with Crippen molar-refractivity contribution in [3.05, 3.63) is 78.2 Å². The van der Waals surface area contributed by atoms with Gasteiger partial charge in [-0.2, -0.15) is 4.37 Å². The van der Waals surface area contributed by atoms with Crippen molar-refractivity contribution in [2.75, 3.05) is 7.11 Å². The molecule has 0 fully saturated rings. The predicted molar refractivity (Wildman–Crippen MR) is 112 cm³/mol. The Morgan fingerprint density at radius 3 is 2.19 bits per heavy atom. The van der Waals surface area contributed by atoms with Crippen molar-refractivity contribution < 1.29 is 4.74 Å². The third-order valence-electron chi connectivity index (χ3n) is 4.88. The largest absolute Gasteiger partial charge is 0.496 e. The van der Waals surface area contributed by atoms with Crippen LogP contribution in [0.4, 0.5) is 0 Å². The molecule has 2 aromatic carbocycles. The summed E-state index contributed by atoms with van der Waals surface area (Å²) in [6.45, 7) is 4.20. The molecule has 3 nitrogen and oxygen atoms in total. The Morgan fingerprint density at radius 2 is 1.48 bits per heavy atom. The van der Waals surface area contributed by atoms with E-state index in [4.69, 9.17) is 4.74 Å². The van der Waals surface area contributed by atoms with Crippen LogP contribution in [0.2, 0.25) is 0 Å². The summed E-state index contributed by atoms with van der Waals surface area (Å²) in [5.74, 6) is 0.914. The van der Waals surface area contributed by atoms with Crippen LogP contribution in [0.5, 0.6) is 5.75 Å². The van der Waals surface area contributed by atoms with Gasteiger partial charge in [0.25, 0.3) is 0 Å². The zero-order valence-electron chi connectivity index (χ0n) is 15.6. The van der Waals surface area contributed by atoms with Gasteiger partial charge in [0.1, 0.15) is 5.75 Å². The van der Waals surface area contributed by atoms with Crippen molar-refractivity contribution in [3.63, 3.8) is 0 Å². The maximum Gasteiger partial charge on any atom is 0.122 e. The molecule has 0 spiro atoms. The van der Waals surface area contributed by atoms with Crippen LogP contribution in [0.3, 0.4) is 0 Å². The number of methoxy groups -OCH3 is 1. The second kappa shape index (κ2) is 7.33. The first kappa shape index (κ1) is 17.4. The Kier molecular flexibility index (Phi) is 4.73. The summed E-state index contributed by atoms with van der Waals surface area (Å²) < 4.78 is 10.0. The standard InChI is InChI=1S/C23H20N2OS/c1-15-12-20(13-22(26-3)16(15)2)23-21(14-25-27-23)19-6-4-17(5-7-19)18-8-10-24-11-9-18/h4-14H,1-3H3. The third kappa shape index (κ3) is 3.36. The lowest BCUT2D eigenvalue weighted by Gasteiger charge is -2.11. The quantitative estimate of drug-likeness (QED) is 0.430. The van der Waals surface area contributed by atoms with Crippen LogP contribution in [0.1, 0.15) is 11.1 Å². The highest BCUT2D eigenvalue weighted by molar-refractivity contribution is 7.10. The predicted octanol–water partition coefficient (Wildman–Crippen LogP) is 6.16. The van der Waals surface area contributed by atoms with Gasteiger partial charge < -0.3 is 4.74 Å². The van der Waals surface area contributed by atoms with E-state index in [9.17, 15) is 0 Å². The van der Waals surface area contributed by atoms with E-state index >= 15 is 0 Å². The summed E-state index contributed by atoms with van der Waals surface area (Å²) in [7, 11) is 1.72. The minimum atomic E-state index is 0.914. The van der Waals surface area contributed by atoms with Crippen molar-refractivity contribution in [2.24, 2.45) is 0 Å². The summed E-state index contributed by atoms with van der Waals surface area (Å²) >= 11 is 1.52. The van der Waals surface area contributed by atoms with Gasteiger partial charge in [-0.3, -0.25) is 4.98 Å². The fourth-order valence-electron chi connectivity index (χ4n) is 3.21. The molecule has 4 aromatic rings. The van der Waals surface area contributed by atoms with Crippen molar-refractivity contribution in [3.8, 4) is 38.4 Å². The van der Waals surface area contributed by atoms with E-state index in [-0.39, 0.29) is 0 Å². The normalized spacial score (nSPS) is 10.8.